The molecule has 1 aromatic carbocycles. The second-order valence-corrected chi connectivity index (χ2v) is 6.03. The van der Waals surface area contributed by atoms with E-state index in [-0.39, 0.29) is 12.8 Å². The lowest BCUT2D eigenvalue weighted by molar-refractivity contribution is -0.137. The van der Waals surface area contributed by atoms with Gasteiger partial charge in [-0.1, -0.05) is 29.8 Å². The summed E-state index contributed by atoms with van der Waals surface area (Å²) in [6, 6.07) is 9.77. The Morgan fingerprint density at radius 2 is 1.76 bits per heavy atom. The molecule has 0 unspecified atom stereocenters. The largest absolute Gasteiger partial charge is 0.481 e. The average molecular weight is 304 g/mol. The first-order valence-corrected chi connectivity index (χ1v) is 7.39. The molecule has 0 bridgehead atoms. The summed E-state index contributed by atoms with van der Waals surface area (Å²) in [5.74, 6) is -1.73. The van der Waals surface area contributed by atoms with Gasteiger partial charge in [-0.3, -0.25) is 9.59 Å². The molecule has 0 saturated heterocycles. The van der Waals surface area contributed by atoms with Crippen molar-refractivity contribution in [3.05, 3.63) is 46.3 Å². The lowest BCUT2D eigenvalue weighted by Gasteiger charge is -2.03. The van der Waals surface area contributed by atoms with Gasteiger partial charge in [-0.05, 0) is 30.5 Å². The summed E-state index contributed by atoms with van der Waals surface area (Å²) in [4.78, 5) is 23.3. The van der Waals surface area contributed by atoms with E-state index < -0.39 is 11.9 Å². The maximum absolute atomic E-state index is 10.8. The van der Waals surface area contributed by atoms with Crippen molar-refractivity contribution in [1.29, 1.82) is 0 Å². The van der Waals surface area contributed by atoms with Crippen molar-refractivity contribution in [2.75, 3.05) is 0 Å². The van der Waals surface area contributed by atoms with Gasteiger partial charge in [0.1, 0.15) is 0 Å². The van der Waals surface area contributed by atoms with Crippen molar-refractivity contribution in [3.63, 3.8) is 0 Å². The highest BCUT2D eigenvalue weighted by atomic mass is 32.1. The number of hydrogen-bond acceptors (Lipinski definition) is 3. The molecule has 21 heavy (non-hydrogen) atoms. The summed E-state index contributed by atoms with van der Waals surface area (Å²) < 4.78 is 0. The van der Waals surface area contributed by atoms with Crippen LogP contribution in [0.15, 0.2) is 30.3 Å². The van der Waals surface area contributed by atoms with E-state index in [1.54, 1.807) is 0 Å². The van der Waals surface area contributed by atoms with Crippen LogP contribution in [0.2, 0.25) is 0 Å². The molecule has 0 atom stereocenters. The topological polar surface area (TPSA) is 74.6 Å². The van der Waals surface area contributed by atoms with E-state index in [0.29, 0.717) is 6.42 Å². The van der Waals surface area contributed by atoms with Crippen LogP contribution in [-0.4, -0.2) is 22.2 Å². The fourth-order valence-electron chi connectivity index (χ4n) is 2.10. The first-order chi connectivity index (χ1) is 9.95. The molecule has 0 spiro atoms. The quantitative estimate of drug-likeness (QED) is 0.858. The lowest BCUT2D eigenvalue weighted by atomic mass is 10.0. The number of aliphatic carboxylic acids is 2. The highest BCUT2D eigenvalue weighted by molar-refractivity contribution is 7.15. The van der Waals surface area contributed by atoms with Gasteiger partial charge in [-0.25, -0.2) is 0 Å². The van der Waals surface area contributed by atoms with E-state index in [1.165, 1.54) is 11.3 Å². The summed E-state index contributed by atoms with van der Waals surface area (Å²) in [7, 11) is 0. The lowest BCUT2D eigenvalue weighted by Crippen LogP contribution is -1.98. The van der Waals surface area contributed by atoms with Gasteiger partial charge in [0, 0.05) is 16.2 Å². The van der Waals surface area contributed by atoms with E-state index in [2.05, 4.69) is 0 Å². The highest BCUT2D eigenvalue weighted by Crippen LogP contribution is 2.34. The molecule has 2 N–H and O–H groups in total. The van der Waals surface area contributed by atoms with Gasteiger partial charge in [0.2, 0.25) is 0 Å². The van der Waals surface area contributed by atoms with Gasteiger partial charge in [0.15, 0.2) is 0 Å². The normalized spacial score (nSPS) is 10.5. The second-order valence-electron chi connectivity index (χ2n) is 4.90. The van der Waals surface area contributed by atoms with Crippen LogP contribution in [0, 0.1) is 6.92 Å². The van der Waals surface area contributed by atoms with Crippen molar-refractivity contribution in [1.82, 2.24) is 0 Å². The van der Waals surface area contributed by atoms with Crippen LogP contribution in [0.5, 0.6) is 0 Å². The summed E-state index contributed by atoms with van der Waals surface area (Å²) in [6.45, 7) is 2.00. The van der Waals surface area contributed by atoms with Crippen molar-refractivity contribution < 1.29 is 19.8 Å². The fourth-order valence-corrected chi connectivity index (χ4v) is 3.30. The third-order valence-corrected chi connectivity index (χ3v) is 4.33. The molecule has 110 valence electrons. The Hall–Kier alpha value is -2.14. The van der Waals surface area contributed by atoms with Crippen LogP contribution in [-0.2, 0) is 22.4 Å². The Morgan fingerprint density at radius 3 is 2.33 bits per heavy atom. The zero-order chi connectivity index (χ0) is 15.4. The fraction of sp³-hybridized carbons (Fsp3) is 0.250. The highest BCUT2D eigenvalue weighted by Gasteiger charge is 2.14. The number of rotatable bonds is 6. The standard InChI is InChI=1S/C16H16O4S/c1-10-2-4-11(5-3-10)16-12(6-7-14(17)18)8-13(21-16)9-15(19)20/h2-5,8H,6-7,9H2,1H3,(H,17,18)(H,19,20). The number of carbonyl (C=O) groups is 2. The van der Waals surface area contributed by atoms with Gasteiger partial charge in [-0.15, -0.1) is 11.3 Å². The first-order valence-electron chi connectivity index (χ1n) is 6.58. The minimum absolute atomic E-state index is 0.0312. The van der Waals surface area contributed by atoms with Crippen LogP contribution < -0.4 is 0 Å². The number of benzene rings is 1. The molecule has 5 heteroatoms. The molecule has 0 aliphatic heterocycles. The van der Waals surface area contributed by atoms with E-state index in [4.69, 9.17) is 10.2 Å². The molecule has 0 aliphatic rings. The molecule has 0 radical (unpaired) electrons. The zero-order valence-electron chi connectivity index (χ0n) is 11.6. The van der Waals surface area contributed by atoms with Gasteiger partial charge in [0.25, 0.3) is 0 Å². The maximum atomic E-state index is 10.8. The number of aryl methyl sites for hydroxylation is 2. The predicted molar refractivity (Wildman–Crippen MR) is 81.8 cm³/mol. The molecule has 1 heterocycles. The van der Waals surface area contributed by atoms with Crippen LogP contribution >= 0.6 is 11.3 Å². The average Bonchev–Trinajstić information content (AvgIpc) is 2.79. The Labute approximate surface area is 126 Å². The van der Waals surface area contributed by atoms with Gasteiger partial charge in [-0.2, -0.15) is 0 Å². The second kappa shape index (κ2) is 6.54. The molecule has 1 aromatic heterocycles. The molecule has 2 rings (SSSR count). The van der Waals surface area contributed by atoms with Gasteiger partial charge in [0.05, 0.1) is 6.42 Å². The summed E-state index contributed by atoms with van der Waals surface area (Å²) in [5.41, 5.74) is 3.05. The van der Waals surface area contributed by atoms with Crippen molar-refractivity contribution in [3.8, 4) is 10.4 Å². The van der Waals surface area contributed by atoms with Crippen LogP contribution in [0.25, 0.3) is 10.4 Å². The van der Waals surface area contributed by atoms with Crippen LogP contribution in [0.1, 0.15) is 22.4 Å². The van der Waals surface area contributed by atoms with Gasteiger partial charge < -0.3 is 10.2 Å². The van der Waals surface area contributed by atoms with Crippen LogP contribution in [0.3, 0.4) is 0 Å². The predicted octanol–water partition coefficient (Wildman–Crippen LogP) is 3.37. The summed E-state index contributed by atoms with van der Waals surface area (Å²) >= 11 is 1.42. The Bertz CT molecular complexity index is 655. The Kier molecular flexibility index (Phi) is 4.75. The first kappa shape index (κ1) is 15.3. The van der Waals surface area contributed by atoms with E-state index in [9.17, 15) is 9.59 Å². The summed E-state index contributed by atoms with van der Waals surface area (Å²) in [6.07, 6.45) is 0.424. The Balaban J connectivity index is 2.35. The molecule has 0 saturated carbocycles. The van der Waals surface area contributed by atoms with Crippen LogP contribution in [0.4, 0.5) is 0 Å². The third kappa shape index (κ3) is 4.16. The Morgan fingerprint density at radius 1 is 1.10 bits per heavy atom. The molecule has 0 amide bonds. The molecule has 0 fully saturated rings. The van der Waals surface area contributed by atoms with E-state index >= 15 is 0 Å². The van der Waals surface area contributed by atoms with Gasteiger partial charge >= 0.3 is 11.9 Å². The molecule has 4 nitrogen and oxygen atoms in total. The SMILES string of the molecule is Cc1ccc(-c2sc(CC(=O)O)cc2CCC(=O)O)cc1. The zero-order valence-corrected chi connectivity index (χ0v) is 12.4. The number of hydrogen-bond donors (Lipinski definition) is 2. The molecule has 2 aromatic rings. The van der Waals surface area contributed by atoms with Crippen molar-refractivity contribution >= 4 is 23.3 Å². The van der Waals surface area contributed by atoms with E-state index in [0.717, 1.165) is 26.4 Å². The monoisotopic (exact) mass is 304 g/mol. The molecular formula is C16H16O4S. The van der Waals surface area contributed by atoms with E-state index in [1.807, 2.05) is 37.3 Å². The van der Waals surface area contributed by atoms with Crippen molar-refractivity contribution in [2.45, 2.75) is 26.2 Å². The summed E-state index contributed by atoms with van der Waals surface area (Å²) in [5, 5.41) is 17.7. The minimum Gasteiger partial charge on any atom is -0.481 e. The third-order valence-electron chi connectivity index (χ3n) is 3.11. The minimum atomic E-state index is -0.878. The van der Waals surface area contributed by atoms with Crippen molar-refractivity contribution in [2.24, 2.45) is 0 Å². The number of carboxylic acid groups (broad SMARTS) is 2. The smallest absolute Gasteiger partial charge is 0.308 e. The maximum Gasteiger partial charge on any atom is 0.308 e. The number of thiophene rings is 1. The molecule has 0 aliphatic carbocycles. The number of carboxylic acids is 2. The molecular weight excluding hydrogens is 288 g/mol.